The molecule has 1 aromatic rings. The van der Waals surface area contributed by atoms with Gasteiger partial charge in [-0.15, -0.1) is 11.6 Å². The fourth-order valence-corrected chi connectivity index (χ4v) is 1.30. The summed E-state index contributed by atoms with van der Waals surface area (Å²) in [5.41, 5.74) is 1.23. The van der Waals surface area contributed by atoms with Gasteiger partial charge in [-0.2, -0.15) is 0 Å². The highest BCUT2D eigenvalue weighted by Crippen LogP contribution is 2.14. The SMILES string of the molecule is CCC(Cl)CCc1ccc(O)cc1. The summed E-state index contributed by atoms with van der Waals surface area (Å²) in [5, 5.41) is 9.33. The third kappa shape index (κ3) is 3.69. The molecule has 1 aromatic carbocycles. The van der Waals surface area contributed by atoms with Crippen molar-refractivity contribution in [2.45, 2.75) is 31.6 Å². The molecule has 0 radical (unpaired) electrons. The second kappa shape index (κ2) is 5.13. The molecule has 0 saturated heterocycles. The summed E-state index contributed by atoms with van der Waals surface area (Å²) in [6.07, 6.45) is 3.00. The molecule has 1 atom stereocenters. The molecule has 0 aromatic heterocycles. The largest absolute Gasteiger partial charge is 0.508 e. The van der Waals surface area contributed by atoms with Gasteiger partial charge in [-0.1, -0.05) is 19.1 Å². The van der Waals surface area contributed by atoms with Crippen LogP contribution in [-0.2, 0) is 6.42 Å². The maximum absolute atomic E-state index is 9.05. The Labute approximate surface area is 84.4 Å². The van der Waals surface area contributed by atoms with Crippen LogP contribution in [0.4, 0.5) is 0 Å². The smallest absolute Gasteiger partial charge is 0.115 e. The van der Waals surface area contributed by atoms with Crippen molar-refractivity contribution in [1.82, 2.24) is 0 Å². The molecule has 0 aliphatic heterocycles. The number of alkyl halides is 1. The lowest BCUT2D eigenvalue weighted by Crippen LogP contribution is -1.98. The third-order valence-corrected chi connectivity index (χ3v) is 2.65. The Kier molecular flexibility index (Phi) is 4.10. The predicted octanol–water partition coefficient (Wildman–Crippen LogP) is 3.34. The molecule has 0 aliphatic rings. The number of halogens is 1. The summed E-state index contributed by atoms with van der Waals surface area (Å²) in [6.45, 7) is 2.09. The topological polar surface area (TPSA) is 20.2 Å². The summed E-state index contributed by atoms with van der Waals surface area (Å²) in [6, 6.07) is 7.30. The number of aromatic hydroxyl groups is 1. The summed E-state index contributed by atoms with van der Waals surface area (Å²) in [7, 11) is 0. The highest BCUT2D eigenvalue weighted by atomic mass is 35.5. The van der Waals surface area contributed by atoms with E-state index < -0.39 is 0 Å². The molecule has 13 heavy (non-hydrogen) atoms. The molecule has 1 N–H and O–H groups in total. The van der Waals surface area contributed by atoms with Gasteiger partial charge in [0.1, 0.15) is 5.75 Å². The number of hydrogen-bond acceptors (Lipinski definition) is 1. The first kappa shape index (κ1) is 10.4. The van der Waals surface area contributed by atoms with E-state index in [2.05, 4.69) is 6.92 Å². The van der Waals surface area contributed by atoms with Crippen molar-refractivity contribution in [2.75, 3.05) is 0 Å². The van der Waals surface area contributed by atoms with Crippen molar-refractivity contribution in [2.24, 2.45) is 0 Å². The van der Waals surface area contributed by atoms with Crippen molar-refractivity contribution >= 4 is 11.6 Å². The second-order valence-corrected chi connectivity index (χ2v) is 3.83. The van der Waals surface area contributed by atoms with Crippen LogP contribution in [0.2, 0.25) is 0 Å². The molecule has 0 saturated carbocycles. The Balaban J connectivity index is 2.41. The van der Waals surface area contributed by atoms with E-state index in [1.165, 1.54) is 5.56 Å². The number of rotatable bonds is 4. The zero-order valence-corrected chi connectivity index (χ0v) is 8.59. The summed E-state index contributed by atoms with van der Waals surface area (Å²) >= 11 is 6.00. The average Bonchev–Trinajstić information content (AvgIpc) is 2.16. The molecule has 2 heteroatoms. The minimum Gasteiger partial charge on any atom is -0.508 e. The summed E-state index contributed by atoms with van der Waals surface area (Å²) in [5.74, 6) is 0.321. The molecule has 1 rings (SSSR count). The molecular weight excluding hydrogens is 184 g/mol. The van der Waals surface area contributed by atoms with E-state index in [0.717, 1.165) is 19.3 Å². The predicted molar refractivity (Wildman–Crippen MR) is 56.4 cm³/mol. The van der Waals surface area contributed by atoms with Crippen LogP contribution in [0, 0.1) is 0 Å². The lowest BCUT2D eigenvalue weighted by atomic mass is 10.1. The normalized spacial score (nSPS) is 12.8. The van der Waals surface area contributed by atoms with Gasteiger partial charge in [0.05, 0.1) is 0 Å². The minimum atomic E-state index is 0.272. The Morgan fingerprint density at radius 2 is 1.92 bits per heavy atom. The van der Waals surface area contributed by atoms with E-state index >= 15 is 0 Å². The van der Waals surface area contributed by atoms with Crippen LogP contribution in [0.15, 0.2) is 24.3 Å². The van der Waals surface area contributed by atoms with Crippen LogP contribution >= 0.6 is 11.6 Å². The quantitative estimate of drug-likeness (QED) is 0.736. The maximum Gasteiger partial charge on any atom is 0.115 e. The van der Waals surface area contributed by atoms with Gasteiger partial charge in [0.15, 0.2) is 0 Å². The zero-order valence-electron chi connectivity index (χ0n) is 7.83. The van der Waals surface area contributed by atoms with E-state index in [1.54, 1.807) is 12.1 Å². The monoisotopic (exact) mass is 198 g/mol. The van der Waals surface area contributed by atoms with Gasteiger partial charge in [0.2, 0.25) is 0 Å². The lowest BCUT2D eigenvalue weighted by molar-refractivity contribution is 0.475. The third-order valence-electron chi connectivity index (χ3n) is 2.13. The van der Waals surface area contributed by atoms with Gasteiger partial charge >= 0.3 is 0 Å². The van der Waals surface area contributed by atoms with Gasteiger partial charge in [-0.25, -0.2) is 0 Å². The molecule has 1 nitrogen and oxygen atoms in total. The van der Waals surface area contributed by atoms with E-state index in [1.807, 2.05) is 12.1 Å². The van der Waals surface area contributed by atoms with Gasteiger partial charge in [-0.3, -0.25) is 0 Å². The van der Waals surface area contributed by atoms with E-state index in [9.17, 15) is 0 Å². The molecule has 72 valence electrons. The molecule has 0 heterocycles. The van der Waals surface area contributed by atoms with Gasteiger partial charge in [-0.05, 0) is 37.0 Å². The molecule has 0 bridgehead atoms. The molecule has 0 spiro atoms. The summed E-state index contributed by atoms with van der Waals surface area (Å²) < 4.78 is 0. The number of phenols is 1. The van der Waals surface area contributed by atoms with Crippen LogP contribution in [0.3, 0.4) is 0 Å². The van der Waals surface area contributed by atoms with Crippen LogP contribution in [-0.4, -0.2) is 10.5 Å². The zero-order chi connectivity index (χ0) is 9.68. The van der Waals surface area contributed by atoms with E-state index in [4.69, 9.17) is 16.7 Å². The van der Waals surface area contributed by atoms with Crippen LogP contribution in [0.25, 0.3) is 0 Å². The van der Waals surface area contributed by atoms with Crippen LogP contribution < -0.4 is 0 Å². The second-order valence-electron chi connectivity index (χ2n) is 3.21. The van der Waals surface area contributed by atoms with Gasteiger partial charge < -0.3 is 5.11 Å². The Morgan fingerprint density at radius 1 is 1.31 bits per heavy atom. The van der Waals surface area contributed by atoms with Crippen molar-refractivity contribution in [1.29, 1.82) is 0 Å². The first-order valence-electron chi connectivity index (χ1n) is 4.64. The van der Waals surface area contributed by atoms with Crippen molar-refractivity contribution in [3.05, 3.63) is 29.8 Å². The van der Waals surface area contributed by atoms with Crippen LogP contribution in [0.5, 0.6) is 5.75 Å². The van der Waals surface area contributed by atoms with Crippen molar-refractivity contribution < 1.29 is 5.11 Å². The first-order valence-corrected chi connectivity index (χ1v) is 5.08. The van der Waals surface area contributed by atoms with E-state index in [-0.39, 0.29) is 5.38 Å². The Hall–Kier alpha value is -0.690. The van der Waals surface area contributed by atoms with Crippen molar-refractivity contribution in [3.8, 4) is 5.75 Å². The Morgan fingerprint density at radius 3 is 2.46 bits per heavy atom. The van der Waals surface area contributed by atoms with Gasteiger partial charge in [0.25, 0.3) is 0 Å². The average molecular weight is 199 g/mol. The molecule has 0 fully saturated rings. The van der Waals surface area contributed by atoms with Crippen LogP contribution in [0.1, 0.15) is 25.3 Å². The molecule has 1 unspecified atom stereocenters. The number of hydrogen-bond donors (Lipinski definition) is 1. The number of aryl methyl sites for hydroxylation is 1. The maximum atomic E-state index is 9.05. The fourth-order valence-electron chi connectivity index (χ4n) is 1.19. The number of benzene rings is 1. The lowest BCUT2D eigenvalue weighted by Gasteiger charge is -2.05. The molecule has 0 aliphatic carbocycles. The van der Waals surface area contributed by atoms with Gasteiger partial charge in [0, 0.05) is 5.38 Å². The minimum absolute atomic E-state index is 0.272. The van der Waals surface area contributed by atoms with E-state index in [0.29, 0.717) is 5.75 Å². The number of phenolic OH excluding ortho intramolecular Hbond substituents is 1. The highest BCUT2D eigenvalue weighted by molar-refractivity contribution is 6.20. The summed E-state index contributed by atoms with van der Waals surface area (Å²) in [4.78, 5) is 0. The molecular formula is C11H15ClO. The first-order chi connectivity index (χ1) is 6.22. The highest BCUT2D eigenvalue weighted by Gasteiger charge is 2.01. The fraction of sp³-hybridized carbons (Fsp3) is 0.455. The standard InChI is InChI=1S/C11H15ClO/c1-2-10(12)6-3-9-4-7-11(13)8-5-9/h4-5,7-8,10,13H,2-3,6H2,1H3. The molecule has 0 amide bonds. The Bertz CT molecular complexity index is 243. The van der Waals surface area contributed by atoms with Crippen molar-refractivity contribution in [3.63, 3.8) is 0 Å².